The van der Waals surface area contributed by atoms with Crippen LogP contribution >= 0.6 is 11.8 Å². The molecule has 2 aromatic rings. The Morgan fingerprint density at radius 1 is 1.27 bits per heavy atom. The fourth-order valence-electron chi connectivity index (χ4n) is 3.34. The van der Waals surface area contributed by atoms with Gasteiger partial charge in [0.1, 0.15) is 11.6 Å². The van der Waals surface area contributed by atoms with E-state index in [1.165, 1.54) is 43.9 Å². The molecule has 1 aliphatic rings. The summed E-state index contributed by atoms with van der Waals surface area (Å²) in [7, 11) is 1.99. The summed E-state index contributed by atoms with van der Waals surface area (Å²) in [5, 5.41) is 12.4. The highest BCUT2D eigenvalue weighted by molar-refractivity contribution is 7.99. The molecule has 26 heavy (non-hydrogen) atoms. The molecule has 1 saturated carbocycles. The zero-order valence-electron chi connectivity index (χ0n) is 15.4. The molecule has 1 aromatic heterocycles. The first kappa shape index (κ1) is 18.8. The molecule has 1 amide bonds. The fraction of sp³-hybridized carbons (Fsp3) is 0.526. The Kier molecular flexibility index (Phi) is 6.55. The molecule has 1 heterocycles. The summed E-state index contributed by atoms with van der Waals surface area (Å²) in [5.41, 5.74) is 0.695. The smallest absolute Gasteiger partial charge is 0.234 e. The highest BCUT2D eigenvalue weighted by atomic mass is 32.2. The predicted molar refractivity (Wildman–Crippen MR) is 104 cm³/mol. The number of nitrogens with zero attached hydrogens (tertiary/aromatic N) is 3. The van der Waals surface area contributed by atoms with Crippen molar-refractivity contribution >= 4 is 23.4 Å². The molecular weight excluding hydrogens is 348 g/mol. The number of ether oxygens (including phenoxy) is 1. The van der Waals surface area contributed by atoms with E-state index in [9.17, 15) is 4.79 Å². The minimum Gasteiger partial charge on any atom is -0.492 e. The average Bonchev–Trinajstić information content (AvgIpc) is 3.03. The second-order valence-electron chi connectivity index (χ2n) is 6.50. The van der Waals surface area contributed by atoms with E-state index < -0.39 is 0 Å². The normalized spacial score (nSPS) is 15.0. The number of carbonyl (C=O) groups excluding carboxylic acids is 1. The van der Waals surface area contributed by atoms with Crippen LogP contribution in [0, 0.1) is 0 Å². The van der Waals surface area contributed by atoms with Crippen LogP contribution in [0.25, 0.3) is 0 Å². The first-order chi connectivity index (χ1) is 12.7. The van der Waals surface area contributed by atoms with Gasteiger partial charge in [0.2, 0.25) is 5.91 Å². The van der Waals surface area contributed by atoms with Crippen LogP contribution in [0.1, 0.15) is 50.8 Å². The van der Waals surface area contributed by atoms with Gasteiger partial charge in [0.05, 0.1) is 18.0 Å². The third-order valence-electron chi connectivity index (χ3n) is 4.63. The van der Waals surface area contributed by atoms with Gasteiger partial charge in [-0.2, -0.15) is 0 Å². The van der Waals surface area contributed by atoms with Gasteiger partial charge in [-0.25, -0.2) is 0 Å². The maximum atomic E-state index is 12.3. The van der Waals surface area contributed by atoms with Gasteiger partial charge in [-0.05, 0) is 31.9 Å². The van der Waals surface area contributed by atoms with Gasteiger partial charge in [0, 0.05) is 13.0 Å². The summed E-state index contributed by atoms with van der Waals surface area (Å²) in [6.45, 7) is 2.48. The van der Waals surface area contributed by atoms with Gasteiger partial charge < -0.3 is 14.6 Å². The monoisotopic (exact) mass is 374 g/mol. The van der Waals surface area contributed by atoms with Crippen molar-refractivity contribution in [2.24, 2.45) is 7.05 Å². The van der Waals surface area contributed by atoms with Crippen molar-refractivity contribution in [3.8, 4) is 5.75 Å². The summed E-state index contributed by atoms with van der Waals surface area (Å²) < 4.78 is 7.59. The van der Waals surface area contributed by atoms with Gasteiger partial charge in [-0.1, -0.05) is 43.2 Å². The minimum atomic E-state index is -0.0793. The Bertz CT molecular complexity index is 741. The van der Waals surface area contributed by atoms with Gasteiger partial charge in [-0.3, -0.25) is 4.79 Å². The zero-order chi connectivity index (χ0) is 18.4. The lowest BCUT2D eigenvalue weighted by atomic mass is 9.89. The lowest BCUT2D eigenvalue weighted by Crippen LogP contribution is -2.15. The molecule has 140 valence electrons. The van der Waals surface area contributed by atoms with Crippen molar-refractivity contribution in [1.29, 1.82) is 0 Å². The molecule has 7 heteroatoms. The third-order valence-corrected chi connectivity index (χ3v) is 5.65. The van der Waals surface area contributed by atoms with Crippen molar-refractivity contribution in [2.45, 2.75) is 50.1 Å². The van der Waals surface area contributed by atoms with Crippen LogP contribution in [0.5, 0.6) is 5.75 Å². The second-order valence-corrected chi connectivity index (χ2v) is 7.44. The van der Waals surface area contributed by atoms with E-state index in [0.717, 1.165) is 11.0 Å². The molecule has 0 bridgehead atoms. The molecule has 0 unspecified atom stereocenters. The van der Waals surface area contributed by atoms with Gasteiger partial charge in [0.25, 0.3) is 0 Å². The maximum absolute atomic E-state index is 12.3. The highest BCUT2D eigenvalue weighted by Gasteiger charge is 2.22. The van der Waals surface area contributed by atoms with Gasteiger partial charge in [-0.15, -0.1) is 10.2 Å². The van der Waals surface area contributed by atoms with Crippen LogP contribution in [-0.2, 0) is 11.8 Å². The molecule has 1 aromatic carbocycles. The third kappa shape index (κ3) is 4.58. The number of anilines is 1. The molecule has 1 N–H and O–H groups in total. The Morgan fingerprint density at radius 2 is 2.04 bits per heavy atom. The molecule has 0 aliphatic heterocycles. The SMILES string of the molecule is CCOc1ccccc1NC(=O)CSc1nnc(C2CCCCC2)n1C. The Morgan fingerprint density at radius 3 is 2.81 bits per heavy atom. The average molecular weight is 375 g/mol. The molecule has 1 fully saturated rings. The molecular formula is C19H26N4O2S. The fourth-order valence-corrected chi connectivity index (χ4v) is 4.05. The largest absolute Gasteiger partial charge is 0.492 e. The van der Waals surface area contributed by atoms with Crippen LogP contribution in [0.3, 0.4) is 0 Å². The Labute approximate surface area is 158 Å². The van der Waals surface area contributed by atoms with Crippen molar-refractivity contribution in [3.05, 3.63) is 30.1 Å². The van der Waals surface area contributed by atoms with Crippen molar-refractivity contribution in [1.82, 2.24) is 14.8 Å². The highest BCUT2D eigenvalue weighted by Crippen LogP contribution is 2.32. The molecule has 0 saturated heterocycles. The second kappa shape index (κ2) is 9.07. The Balaban J connectivity index is 1.57. The van der Waals surface area contributed by atoms with Crippen molar-refractivity contribution in [2.75, 3.05) is 17.7 Å². The van der Waals surface area contributed by atoms with E-state index in [-0.39, 0.29) is 11.7 Å². The number of aromatic nitrogens is 3. The molecule has 3 rings (SSSR count). The van der Waals surface area contributed by atoms with Crippen LogP contribution < -0.4 is 10.1 Å². The van der Waals surface area contributed by atoms with E-state index >= 15 is 0 Å². The van der Waals surface area contributed by atoms with Crippen LogP contribution in [-0.4, -0.2) is 33.0 Å². The summed E-state index contributed by atoms with van der Waals surface area (Å²) in [4.78, 5) is 12.3. The van der Waals surface area contributed by atoms with Crippen molar-refractivity contribution < 1.29 is 9.53 Å². The van der Waals surface area contributed by atoms with Crippen LogP contribution in [0.4, 0.5) is 5.69 Å². The summed E-state index contributed by atoms with van der Waals surface area (Å²) in [6.07, 6.45) is 6.22. The first-order valence-corrected chi connectivity index (χ1v) is 10.2. The van der Waals surface area contributed by atoms with Gasteiger partial charge in [0.15, 0.2) is 5.16 Å². The van der Waals surface area contributed by atoms with E-state index in [0.29, 0.717) is 24.0 Å². The van der Waals surface area contributed by atoms with Crippen molar-refractivity contribution in [3.63, 3.8) is 0 Å². The number of hydrogen-bond donors (Lipinski definition) is 1. The summed E-state index contributed by atoms with van der Waals surface area (Å²) >= 11 is 1.41. The number of hydrogen-bond acceptors (Lipinski definition) is 5. The zero-order valence-corrected chi connectivity index (χ0v) is 16.2. The lowest BCUT2D eigenvalue weighted by Gasteiger charge is -2.20. The standard InChI is InChI=1S/C19H26N4O2S/c1-3-25-16-12-8-7-11-15(16)20-17(24)13-26-19-22-21-18(23(19)2)14-9-5-4-6-10-14/h7-8,11-12,14H,3-6,9-10,13H2,1-2H3,(H,20,24). The topological polar surface area (TPSA) is 69.0 Å². The van der Waals surface area contributed by atoms with Gasteiger partial charge >= 0.3 is 0 Å². The number of rotatable bonds is 7. The molecule has 1 aliphatic carbocycles. The number of thioether (sulfide) groups is 1. The van der Waals surface area contributed by atoms with E-state index in [2.05, 4.69) is 15.5 Å². The summed E-state index contributed by atoms with van der Waals surface area (Å²) in [5.74, 6) is 2.45. The molecule has 0 radical (unpaired) electrons. The predicted octanol–water partition coefficient (Wildman–Crippen LogP) is 3.99. The first-order valence-electron chi connectivity index (χ1n) is 9.22. The molecule has 0 atom stereocenters. The van der Waals surface area contributed by atoms with E-state index in [1.54, 1.807) is 0 Å². The number of amides is 1. The maximum Gasteiger partial charge on any atom is 0.234 e. The number of nitrogens with one attached hydrogen (secondary N) is 1. The quantitative estimate of drug-likeness (QED) is 0.742. The number of carbonyl (C=O) groups is 1. The molecule has 0 spiro atoms. The Hall–Kier alpha value is -2.02. The van der Waals surface area contributed by atoms with Crippen LogP contribution in [0.15, 0.2) is 29.4 Å². The lowest BCUT2D eigenvalue weighted by molar-refractivity contribution is -0.113. The summed E-state index contributed by atoms with van der Waals surface area (Å²) in [6, 6.07) is 7.47. The van der Waals surface area contributed by atoms with E-state index in [4.69, 9.17) is 4.74 Å². The van der Waals surface area contributed by atoms with E-state index in [1.807, 2.05) is 42.8 Å². The van der Waals surface area contributed by atoms with Crippen LogP contribution in [0.2, 0.25) is 0 Å². The number of benzene rings is 1. The molecule has 6 nitrogen and oxygen atoms in total. The minimum absolute atomic E-state index is 0.0793. The number of para-hydroxylation sites is 2.